The molecule has 0 saturated heterocycles. The molecule has 0 aromatic carbocycles. The van der Waals surface area contributed by atoms with Crippen LogP contribution in [0.25, 0.3) is 0 Å². The number of ether oxygens (including phenoxy) is 1. The Morgan fingerprint density at radius 1 is 1.33 bits per heavy atom. The maximum atomic E-state index is 12.2. The van der Waals surface area contributed by atoms with Crippen LogP contribution in [-0.4, -0.2) is 39.4 Å². The fraction of sp³-hybridized carbons (Fsp3) is 0.750. The molecule has 0 saturated carbocycles. The predicted octanol–water partition coefficient (Wildman–Crippen LogP) is 3.10. The van der Waals surface area contributed by atoms with Crippen molar-refractivity contribution in [3.05, 3.63) is 11.8 Å². The summed E-state index contributed by atoms with van der Waals surface area (Å²) in [5.74, 6) is -0.0308. The molecule has 1 heterocycles. The molecule has 0 aliphatic carbocycles. The molecule has 0 fully saturated rings. The maximum absolute atomic E-state index is 12.2. The van der Waals surface area contributed by atoms with Crippen LogP contribution in [0.2, 0.25) is 0 Å². The zero-order chi connectivity index (χ0) is 16.3. The summed E-state index contributed by atoms with van der Waals surface area (Å²) in [7, 11) is 0. The van der Waals surface area contributed by atoms with Crippen LogP contribution in [0, 0.1) is 0 Å². The smallest absolute Gasteiger partial charge is 0.444 e. The molecule has 0 N–H and O–H groups in total. The van der Waals surface area contributed by atoms with Crippen molar-refractivity contribution < 1.29 is 31.1 Å². The number of hydrogen-bond acceptors (Lipinski definition) is 4. The van der Waals surface area contributed by atoms with Gasteiger partial charge in [-0.1, -0.05) is 0 Å². The normalized spacial score (nSPS) is 18.6. The number of nitrogens with zero attached hydrogens (tertiary/aromatic N) is 1. The average molecular weight is 329 g/mol. The number of rotatable bonds is 2. The Morgan fingerprint density at radius 2 is 1.95 bits per heavy atom. The van der Waals surface area contributed by atoms with Gasteiger partial charge in [-0.05, 0) is 33.3 Å². The molecule has 0 aromatic heterocycles. The quantitative estimate of drug-likeness (QED) is 0.781. The number of carbonyl (C=O) groups excluding carboxylic acids is 1. The van der Waals surface area contributed by atoms with Crippen LogP contribution in [0.1, 0.15) is 33.6 Å². The Bertz CT molecular complexity index is 443. The van der Waals surface area contributed by atoms with Crippen molar-refractivity contribution in [3.8, 4) is 0 Å². The van der Waals surface area contributed by atoms with Gasteiger partial charge in [-0.3, -0.25) is 0 Å². The summed E-state index contributed by atoms with van der Waals surface area (Å²) in [5, 5.41) is 0. The minimum absolute atomic E-state index is 0.0308. The van der Waals surface area contributed by atoms with Crippen LogP contribution in [0.4, 0.5) is 18.0 Å². The zero-order valence-corrected chi connectivity index (χ0v) is 12.8. The van der Waals surface area contributed by atoms with Crippen LogP contribution in [0.3, 0.4) is 0 Å². The maximum Gasteiger partial charge on any atom is 0.508 e. The molecule has 0 aromatic rings. The van der Waals surface area contributed by atoms with Gasteiger partial charge in [0.1, 0.15) is 11.4 Å². The molecular weight excluding hydrogens is 311 g/mol. The SMILES string of the molecule is CC(C)(C)OC(=O)N1CC=C(OS(=O)C(F)(F)F)CCC1. The Kier molecular flexibility index (Phi) is 5.66. The highest BCUT2D eigenvalue weighted by molar-refractivity contribution is 7.81. The lowest BCUT2D eigenvalue weighted by Crippen LogP contribution is -2.37. The lowest BCUT2D eigenvalue weighted by Gasteiger charge is -2.25. The molecule has 1 aliphatic rings. The number of hydrogen-bond donors (Lipinski definition) is 0. The third-order valence-electron chi connectivity index (χ3n) is 2.41. The lowest BCUT2D eigenvalue weighted by atomic mass is 10.2. The minimum atomic E-state index is -4.92. The van der Waals surface area contributed by atoms with E-state index in [1.807, 2.05) is 0 Å². The van der Waals surface area contributed by atoms with Gasteiger partial charge in [0.05, 0.1) is 0 Å². The van der Waals surface area contributed by atoms with Crippen molar-refractivity contribution in [1.29, 1.82) is 0 Å². The summed E-state index contributed by atoms with van der Waals surface area (Å²) in [6.45, 7) is 5.55. The first-order chi connectivity index (χ1) is 9.49. The van der Waals surface area contributed by atoms with Gasteiger partial charge in [-0.2, -0.15) is 13.2 Å². The van der Waals surface area contributed by atoms with Gasteiger partial charge in [-0.25, -0.2) is 9.00 Å². The minimum Gasteiger partial charge on any atom is -0.444 e. The number of halogens is 3. The van der Waals surface area contributed by atoms with Gasteiger partial charge in [0.25, 0.3) is 0 Å². The highest BCUT2D eigenvalue weighted by Gasteiger charge is 2.40. The van der Waals surface area contributed by atoms with Crippen LogP contribution < -0.4 is 0 Å². The molecule has 0 radical (unpaired) electrons. The molecule has 0 bridgehead atoms. The Hall–Kier alpha value is -1.25. The van der Waals surface area contributed by atoms with E-state index >= 15 is 0 Å². The number of amides is 1. The van der Waals surface area contributed by atoms with Crippen molar-refractivity contribution in [2.24, 2.45) is 0 Å². The highest BCUT2D eigenvalue weighted by Crippen LogP contribution is 2.25. The monoisotopic (exact) mass is 329 g/mol. The molecular formula is C12H18F3NO4S. The topological polar surface area (TPSA) is 55.8 Å². The third kappa shape index (κ3) is 6.36. The summed E-state index contributed by atoms with van der Waals surface area (Å²) >= 11 is -3.38. The van der Waals surface area contributed by atoms with E-state index in [1.54, 1.807) is 20.8 Å². The largest absolute Gasteiger partial charge is 0.508 e. The predicted molar refractivity (Wildman–Crippen MR) is 70.4 cm³/mol. The fourth-order valence-electron chi connectivity index (χ4n) is 1.56. The van der Waals surface area contributed by atoms with Crippen molar-refractivity contribution in [2.75, 3.05) is 13.1 Å². The Labute approximate surface area is 123 Å². The summed E-state index contributed by atoms with van der Waals surface area (Å²) in [5.41, 5.74) is -5.57. The van der Waals surface area contributed by atoms with Crippen LogP contribution in [0.15, 0.2) is 11.8 Å². The first-order valence-electron chi connectivity index (χ1n) is 6.33. The van der Waals surface area contributed by atoms with E-state index in [4.69, 9.17) is 4.74 Å². The van der Waals surface area contributed by atoms with Crippen molar-refractivity contribution >= 4 is 17.2 Å². The second kappa shape index (κ2) is 6.67. The summed E-state index contributed by atoms with van der Waals surface area (Å²) in [4.78, 5) is 13.2. The molecule has 9 heteroatoms. The number of alkyl halides is 3. The van der Waals surface area contributed by atoms with Gasteiger partial charge >= 0.3 is 22.7 Å². The molecule has 1 aliphatic heterocycles. The van der Waals surface area contributed by atoms with Crippen molar-refractivity contribution in [2.45, 2.75) is 44.7 Å². The highest BCUT2D eigenvalue weighted by atomic mass is 32.2. The summed E-state index contributed by atoms with van der Waals surface area (Å²) < 4.78 is 56.9. The lowest BCUT2D eigenvalue weighted by molar-refractivity contribution is -0.0457. The summed E-state index contributed by atoms with van der Waals surface area (Å²) in [6.07, 6.45) is 1.36. The summed E-state index contributed by atoms with van der Waals surface area (Å²) in [6, 6.07) is 0. The van der Waals surface area contributed by atoms with Crippen molar-refractivity contribution in [3.63, 3.8) is 0 Å². The molecule has 122 valence electrons. The molecule has 0 spiro atoms. The second-order valence-corrected chi connectivity index (χ2v) is 6.56. The standard InChI is InChI=1S/C12H18F3NO4S/c1-11(2,3)19-10(17)16-7-4-5-9(6-8-16)20-21(18)12(13,14)15/h6H,4-5,7-8H2,1-3H3. The third-order valence-corrected chi connectivity index (χ3v) is 3.16. The van der Waals surface area contributed by atoms with Crippen molar-refractivity contribution in [1.82, 2.24) is 4.90 Å². The van der Waals surface area contributed by atoms with Gasteiger partial charge < -0.3 is 13.8 Å². The number of carbonyl (C=O) groups is 1. The molecule has 1 amide bonds. The molecule has 1 unspecified atom stereocenters. The van der Waals surface area contributed by atoms with E-state index in [9.17, 15) is 22.2 Å². The van der Waals surface area contributed by atoms with E-state index < -0.39 is 28.3 Å². The molecule has 1 rings (SSSR count). The zero-order valence-electron chi connectivity index (χ0n) is 12.0. The van der Waals surface area contributed by atoms with E-state index in [1.165, 1.54) is 11.0 Å². The van der Waals surface area contributed by atoms with Crippen LogP contribution in [0.5, 0.6) is 0 Å². The number of allylic oxidation sites excluding steroid dienone is 1. The van der Waals surface area contributed by atoms with Gasteiger partial charge in [0, 0.05) is 19.5 Å². The second-order valence-electron chi connectivity index (χ2n) is 5.46. The Balaban J connectivity index is 2.63. The first kappa shape index (κ1) is 17.8. The Morgan fingerprint density at radius 3 is 2.48 bits per heavy atom. The van der Waals surface area contributed by atoms with E-state index in [2.05, 4.69) is 4.18 Å². The van der Waals surface area contributed by atoms with Gasteiger partial charge in [-0.15, -0.1) is 0 Å². The van der Waals surface area contributed by atoms with E-state index in [0.717, 1.165) is 0 Å². The average Bonchev–Trinajstić information content (AvgIpc) is 2.51. The first-order valence-corrected chi connectivity index (χ1v) is 7.40. The fourth-order valence-corrected chi connectivity index (χ4v) is 2.00. The van der Waals surface area contributed by atoms with Crippen LogP contribution in [-0.2, 0) is 20.0 Å². The molecule has 5 nitrogen and oxygen atoms in total. The van der Waals surface area contributed by atoms with Gasteiger partial charge in [0.15, 0.2) is 0 Å². The molecule has 21 heavy (non-hydrogen) atoms. The van der Waals surface area contributed by atoms with E-state index in [0.29, 0.717) is 13.0 Å². The molecule has 1 atom stereocenters. The van der Waals surface area contributed by atoms with Gasteiger partial charge in [0.2, 0.25) is 0 Å². The van der Waals surface area contributed by atoms with E-state index in [-0.39, 0.29) is 18.7 Å². The van der Waals surface area contributed by atoms with Crippen LogP contribution >= 0.6 is 0 Å².